The molecular weight excluding hydrogens is 366 g/mol. The van der Waals surface area contributed by atoms with Gasteiger partial charge in [-0.15, -0.1) is 0 Å². The Bertz CT molecular complexity index is 1010. The summed E-state index contributed by atoms with van der Waals surface area (Å²) in [5.41, 5.74) is 3.54. The predicted molar refractivity (Wildman–Crippen MR) is 113 cm³/mol. The first-order valence-corrected chi connectivity index (χ1v) is 10.2. The smallest absolute Gasteiger partial charge is 0.256 e. The van der Waals surface area contributed by atoms with Crippen LogP contribution in [0.3, 0.4) is 0 Å². The van der Waals surface area contributed by atoms with Gasteiger partial charge < -0.3 is 9.88 Å². The van der Waals surface area contributed by atoms with E-state index in [0.29, 0.717) is 12.0 Å². The Labute approximate surface area is 169 Å². The molecule has 6 nitrogen and oxygen atoms in total. The maximum atomic E-state index is 13.1. The zero-order valence-corrected chi connectivity index (χ0v) is 16.3. The summed E-state index contributed by atoms with van der Waals surface area (Å²) in [6.07, 6.45) is 5.24. The molecule has 1 N–H and O–H groups in total. The summed E-state index contributed by atoms with van der Waals surface area (Å²) >= 11 is 0. The van der Waals surface area contributed by atoms with E-state index in [1.165, 1.54) is 0 Å². The number of nitrogens with zero attached hydrogens (tertiary/aromatic N) is 2. The first-order valence-electron chi connectivity index (χ1n) is 10.2. The lowest BCUT2D eigenvalue weighted by molar-refractivity contribution is -0.483. The van der Waals surface area contributed by atoms with E-state index >= 15 is 0 Å². The third kappa shape index (κ3) is 4.16. The standard InChI is InChI=1S/C23H25N3O3/c27-23(25-13-4-5-14-25)20-15-24-21-10-6-9-19(22(20)21)18(16-26(28)29)12-11-17-7-2-1-3-8-17/h1-3,6-10,15,18,24H,4-5,11-14,16H2. The van der Waals surface area contributed by atoms with Gasteiger partial charge in [0.15, 0.2) is 0 Å². The molecule has 4 rings (SSSR count). The monoisotopic (exact) mass is 391 g/mol. The molecule has 1 aliphatic rings. The first-order chi connectivity index (χ1) is 14.1. The average Bonchev–Trinajstić information content (AvgIpc) is 3.41. The fraction of sp³-hybridized carbons (Fsp3) is 0.348. The highest BCUT2D eigenvalue weighted by Crippen LogP contribution is 2.32. The Kier molecular flexibility index (Phi) is 5.60. The van der Waals surface area contributed by atoms with Crippen LogP contribution in [0.2, 0.25) is 0 Å². The fourth-order valence-corrected chi connectivity index (χ4v) is 4.32. The van der Waals surface area contributed by atoms with Crippen molar-refractivity contribution in [3.63, 3.8) is 0 Å². The minimum atomic E-state index is -0.255. The van der Waals surface area contributed by atoms with Crippen LogP contribution in [0.1, 0.15) is 46.7 Å². The lowest BCUT2D eigenvalue weighted by atomic mass is 9.89. The number of likely N-dealkylation sites (tertiary alicyclic amines) is 1. The van der Waals surface area contributed by atoms with Crippen molar-refractivity contribution >= 4 is 16.8 Å². The van der Waals surface area contributed by atoms with Crippen LogP contribution in [0.5, 0.6) is 0 Å². The molecule has 6 heteroatoms. The number of carbonyl (C=O) groups excluding carboxylic acids is 1. The van der Waals surface area contributed by atoms with Gasteiger partial charge in [0.1, 0.15) is 0 Å². The molecular formula is C23H25N3O3. The maximum Gasteiger partial charge on any atom is 0.256 e. The minimum Gasteiger partial charge on any atom is -0.360 e. The lowest BCUT2D eigenvalue weighted by Gasteiger charge is -2.18. The van der Waals surface area contributed by atoms with Gasteiger partial charge in [-0.25, -0.2) is 0 Å². The Morgan fingerprint density at radius 2 is 1.86 bits per heavy atom. The van der Waals surface area contributed by atoms with E-state index in [0.717, 1.165) is 54.4 Å². The summed E-state index contributed by atoms with van der Waals surface area (Å²) in [7, 11) is 0. The Balaban J connectivity index is 1.69. The third-order valence-electron chi connectivity index (χ3n) is 5.80. The lowest BCUT2D eigenvalue weighted by Crippen LogP contribution is -2.27. The van der Waals surface area contributed by atoms with Gasteiger partial charge in [0.25, 0.3) is 5.91 Å². The topological polar surface area (TPSA) is 79.2 Å². The number of hydrogen-bond donors (Lipinski definition) is 1. The second-order valence-electron chi connectivity index (χ2n) is 7.71. The number of aromatic amines is 1. The number of fused-ring (bicyclic) bond motifs is 1. The predicted octanol–water partition coefficient (Wildman–Crippen LogP) is 4.40. The second kappa shape index (κ2) is 8.47. The Hall–Kier alpha value is -3.15. The molecule has 1 atom stereocenters. The van der Waals surface area contributed by atoms with Crippen LogP contribution >= 0.6 is 0 Å². The number of H-pyrrole nitrogens is 1. The van der Waals surface area contributed by atoms with E-state index in [1.54, 1.807) is 6.20 Å². The quantitative estimate of drug-likeness (QED) is 0.479. The van der Waals surface area contributed by atoms with Crippen molar-refractivity contribution in [2.45, 2.75) is 31.6 Å². The van der Waals surface area contributed by atoms with Gasteiger partial charge in [0.2, 0.25) is 6.54 Å². The molecule has 2 aromatic carbocycles. The summed E-state index contributed by atoms with van der Waals surface area (Å²) in [6, 6.07) is 15.8. The summed E-state index contributed by atoms with van der Waals surface area (Å²) in [5, 5.41) is 12.3. The third-order valence-corrected chi connectivity index (χ3v) is 5.80. The average molecular weight is 391 g/mol. The van der Waals surface area contributed by atoms with E-state index in [4.69, 9.17) is 0 Å². The molecule has 1 aliphatic heterocycles. The summed E-state index contributed by atoms with van der Waals surface area (Å²) in [6.45, 7) is 1.41. The number of hydrogen-bond acceptors (Lipinski definition) is 3. The van der Waals surface area contributed by atoms with E-state index in [-0.39, 0.29) is 23.3 Å². The normalized spacial score (nSPS) is 15.0. The highest BCUT2D eigenvalue weighted by atomic mass is 16.6. The van der Waals surface area contributed by atoms with Crippen molar-refractivity contribution in [2.75, 3.05) is 19.6 Å². The molecule has 0 aliphatic carbocycles. The van der Waals surface area contributed by atoms with Gasteiger partial charge >= 0.3 is 0 Å². The molecule has 29 heavy (non-hydrogen) atoms. The van der Waals surface area contributed by atoms with E-state index in [1.807, 2.05) is 53.4 Å². The van der Waals surface area contributed by atoms with E-state index in [9.17, 15) is 14.9 Å². The molecule has 1 unspecified atom stereocenters. The molecule has 3 aromatic rings. The van der Waals surface area contributed by atoms with Crippen LogP contribution in [0.4, 0.5) is 0 Å². The van der Waals surface area contributed by atoms with Crippen molar-refractivity contribution in [1.82, 2.24) is 9.88 Å². The number of aromatic nitrogens is 1. The van der Waals surface area contributed by atoms with Gasteiger partial charge in [-0.05, 0) is 42.9 Å². The van der Waals surface area contributed by atoms with Crippen LogP contribution in [0.15, 0.2) is 54.7 Å². The first kappa shape index (κ1) is 19.2. The van der Waals surface area contributed by atoms with Crippen molar-refractivity contribution in [1.29, 1.82) is 0 Å². The Morgan fingerprint density at radius 3 is 2.59 bits per heavy atom. The van der Waals surface area contributed by atoms with Crippen molar-refractivity contribution < 1.29 is 9.72 Å². The summed E-state index contributed by atoms with van der Waals surface area (Å²) in [4.78, 5) is 29.3. The number of aryl methyl sites for hydroxylation is 1. The fourth-order valence-electron chi connectivity index (χ4n) is 4.32. The molecule has 150 valence electrons. The van der Waals surface area contributed by atoms with Crippen LogP contribution in [0.25, 0.3) is 10.9 Å². The SMILES string of the molecule is O=C(c1c[nH]c2cccc(C(CCc3ccccc3)C[N+](=O)[O-])c12)N1CCCC1. The zero-order chi connectivity index (χ0) is 20.2. The molecule has 1 aromatic heterocycles. The van der Waals surface area contributed by atoms with E-state index < -0.39 is 0 Å². The van der Waals surface area contributed by atoms with Gasteiger partial charge in [-0.2, -0.15) is 0 Å². The van der Waals surface area contributed by atoms with E-state index in [2.05, 4.69) is 4.98 Å². The number of nitrogens with one attached hydrogen (secondary N) is 1. The number of carbonyl (C=O) groups is 1. The van der Waals surface area contributed by atoms with Crippen LogP contribution in [-0.2, 0) is 6.42 Å². The molecule has 0 radical (unpaired) electrons. The number of rotatable bonds is 7. The highest BCUT2D eigenvalue weighted by molar-refractivity contribution is 6.08. The van der Waals surface area contributed by atoms with Gasteiger partial charge in [-0.1, -0.05) is 42.5 Å². The van der Waals surface area contributed by atoms with Crippen LogP contribution in [-0.4, -0.2) is 40.3 Å². The van der Waals surface area contributed by atoms with Crippen LogP contribution < -0.4 is 0 Å². The van der Waals surface area contributed by atoms with Gasteiger partial charge in [0.05, 0.1) is 5.56 Å². The molecule has 2 heterocycles. The van der Waals surface area contributed by atoms with Gasteiger partial charge in [-0.3, -0.25) is 14.9 Å². The van der Waals surface area contributed by atoms with Crippen molar-refractivity contribution in [2.24, 2.45) is 0 Å². The van der Waals surface area contributed by atoms with Crippen LogP contribution in [0, 0.1) is 10.1 Å². The number of nitro groups is 1. The van der Waals surface area contributed by atoms with Crippen molar-refractivity contribution in [3.8, 4) is 0 Å². The molecule has 1 fully saturated rings. The minimum absolute atomic E-state index is 0.0177. The molecule has 0 bridgehead atoms. The summed E-state index contributed by atoms with van der Waals surface area (Å²) < 4.78 is 0. The molecule has 1 saturated heterocycles. The number of amides is 1. The van der Waals surface area contributed by atoms with Crippen molar-refractivity contribution in [3.05, 3.63) is 81.5 Å². The highest BCUT2D eigenvalue weighted by Gasteiger charge is 2.27. The Morgan fingerprint density at radius 1 is 1.10 bits per heavy atom. The maximum absolute atomic E-state index is 13.1. The molecule has 1 amide bonds. The largest absolute Gasteiger partial charge is 0.360 e. The number of benzene rings is 2. The van der Waals surface area contributed by atoms with Gasteiger partial charge in [0, 0.05) is 41.0 Å². The molecule has 0 saturated carbocycles. The molecule has 0 spiro atoms. The summed E-state index contributed by atoms with van der Waals surface area (Å²) in [5.74, 6) is -0.237. The second-order valence-corrected chi connectivity index (χ2v) is 7.71. The zero-order valence-electron chi connectivity index (χ0n) is 16.3.